The van der Waals surface area contributed by atoms with E-state index in [-0.39, 0.29) is 18.2 Å². The van der Waals surface area contributed by atoms with Gasteiger partial charge in [0.15, 0.2) is 0 Å². The third-order valence-corrected chi connectivity index (χ3v) is 9.03. The molecule has 3 rings (SSSR count). The minimum absolute atomic E-state index is 0.217. The first-order chi connectivity index (χ1) is 20.0. The second-order valence-corrected chi connectivity index (χ2v) is 12.1. The molecule has 1 fully saturated rings. The van der Waals surface area contributed by atoms with Crippen LogP contribution in [-0.4, -0.2) is 46.5 Å². The fourth-order valence-electron chi connectivity index (χ4n) is 6.32. The molecule has 1 amide bonds. The van der Waals surface area contributed by atoms with Crippen molar-refractivity contribution in [3.63, 3.8) is 0 Å². The first-order valence-electron chi connectivity index (χ1n) is 15.0. The highest BCUT2D eigenvalue weighted by Crippen LogP contribution is 2.50. The molecule has 6 heteroatoms. The first kappa shape index (κ1) is 32.7. The first-order valence-corrected chi connectivity index (χ1v) is 15.0. The fourth-order valence-corrected chi connectivity index (χ4v) is 6.32. The van der Waals surface area contributed by atoms with Gasteiger partial charge in [-0.3, -0.25) is 19.2 Å². The lowest BCUT2D eigenvalue weighted by Gasteiger charge is -2.45. The van der Waals surface area contributed by atoms with E-state index < -0.39 is 34.3 Å². The molecule has 3 atom stereocenters. The van der Waals surface area contributed by atoms with Crippen LogP contribution in [0, 0.1) is 17.3 Å². The molecule has 0 spiro atoms. The molecule has 6 nitrogen and oxygen atoms in total. The smallest absolute Gasteiger partial charge is 0.314 e. The molecule has 0 aromatic heterocycles. The summed E-state index contributed by atoms with van der Waals surface area (Å²) >= 11 is 0. The number of hydrogen-bond acceptors (Lipinski definition) is 4. The summed E-state index contributed by atoms with van der Waals surface area (Å²) in [5.41, 5.74) is -0.620. The van der Waals surface area contributed by atoms with Gasteiger partial charge in [0.2, 0.25) is 11.6 Å². The zero-order valence-electron chi connectivity index (χ0n) is 25.3. The number of aliphatic carboxylic acids is 1. The van der Waals surface area contributed by atoms with Crippen LogP contribution >= 0.6 is 0 Å². The molecule has 1 saturated carbocycles. The van der Waals surface area contributed by atoms with E-state index in [4.69, 9.17) is 0 Å². The highest BCUT2D eigenvalue weighted by atomic mass is 16.4. The molecule has 1 aliphatic carbocycles. The van der Waals surface area contributed by atoms with Gasteiger partial charge in [-0.1, -0.05) is 81.8 Å². The number of carboxylic acids is 1. The Morgan fingerprint density at radius 3 is 2.29 bits per heavy atom. The maximum atomic E-state index is 14.2. The number of Topliss-reactive ketones (excluding diaryl/α,β-unsaturated/α-hetero) is 2. The minimum Gasteiger partial charge on any atom is -0.481 e. The van der Waals surface area contributed by atoms with Gasteiger partial charge in [-0.05, 0) is 67.7 Å². The van der Waals surface area contributed by atoms with Crippen molar-refractivity contribution in [3.8, 4) is 0 Å². The van der Waals surface area contributed by atoms with E-state index >= 15 is 0 Å². The Kier molecular flexibility index (Phi) is 11.2. The van der Waals surface area contributed by atoms with Crippen LogP contribution in [0.25, 0.3) is 0 Å². The largest absolute Gasteiger partial charge is 0.481 e. The van der Waals surface area contributed by atoms with E-state index in [2.05, 4.69) is 25.3 Å². The van der Waals surface area contributed by atoms with Crippen LogP contribution in [0.3, 0.4) is 0 Å². The minimum atomic E-state index is -1.62. The summed E-state index contributed by atoms with van der Waals surface area (Å²) in [4.78, 5) is 56.3. The van der Waals surface area contributed by atoms with Crippen LogP contribution in [-0.2, 0) is 26.2 Å². The van der Waals surface area contributed by atoms with Crippen LogP contribution in [0.2, 0.25) is 0 Å². The van der Waals surface area contributed by atoms with E-state index in [1.165, 1.54) is 5.56 Å². The van der Waals surface area contributed by atoms with E-state index in [0.717, 1.165) is 12.8 Å². The maximum absolute atomic E-state index is 14.2. The van der Waals surface area contributed by atoms with Crippen molar-refractivity contribution < 1.29 is 24.3 Å². The molecule has 2 aromatic carbocycles. The van der Waals surface area contributed by atoms with Gasteiger partial charge in [0.05, 0.1) is 0 Å². The Balaban J connectivity index is 2.10. The average Bonchev–Trinajstić information content (AvgIpc) is 3.00. The van der Waals surface area contributed by atoms with Crippen molar-refractivity contribution in [2.45, 2.75) is 71.1 Å². The number of benzene rings is 2. The van der Waals surface area contributed by atoms with Crippen molar-refractivity contribution in [3.05, 3.63) is 96.6 Å². The van der Waals surface area contributed by atoms with Crippen LogP contribution in [0.5, 0.6) is 0 Å². The molecule has 1 N–H and O–H groups in total. The fraction of sp³-hybridized carbons (Fsp3) is 0.444. The highest BCUT2D eigenvalue weighted by molar-refractivity contribution is 6.40. The lowest BCUT2D eigenvalue weighted by Crippen LogP contribution is -2.55. The second kappa shape index (κ2) is 14.4. The third kappa shape index (κ3) is 6.97. The van der Waals surface area contributed by atoms with E-state index in [1.54, 1.807) is 55.2 Å². The molecule has 0 radical (unpaired) electrons. The number of rotatable bonds is 15. The number of carboxylic acid groups (broad SMARTS) is 1. The maximum Gasteiger partial charge on any atom is 0.314 e. The Labute approximate surface area is 250 Å². The Bertz CT molecular complexity index is 1290. The molecule has 0 bridgehead atoms. The molecule has 0 heterocycles. The second-order valence-electron chi connectivity index (χ2n) is 12.1. The summed E-state index contributed by atoms with van der Waals surface area (Å²) in [6.45, 7) is 13.4. The topological polar surface area (TPSA) is 91.8 Å². The summed E-state index contributed by atoms with van der Waals surface area (Å²) < 4.78 is 0. The third-order valence-electron chi connectivity index (χ3n) is 9.03. The van der Waals surface area contributed by atoms with E-state index in [9.17, 15) is 24.3 Å². The summed E-state index contributed by atoms with van der Waals surface area (Å²) in [5, 5.41) is 10.9. The highest BCUT2D eigenvalue weighted by Gasteiger charge is 2.57. The summed E-state index contributed by atoms with van der Waals surface area (Å²) in [6, 6.07) is 16.7. The number of ketones is 2. The van der Waals surface area contributed by atoms with Gasteiger partial charge >= 0.3 is 5.97 Å². The lowest BCUT2D eigenvalue weighted by molar-refractivity contribution is -0.157. The van der Waals surface area contributed by atoms with Gasteiger partial charge in [-0.15, -0.1) is 13.2 Å². The zero-order valence-corrected chi connectivity index (χ0v) is 25.3. The molecule has 2 aromatic rings. The van der Waals surface area contributed by atoms with Crippen LogP contribution < -0.4 is 0 Å². The van der Waals surface area contributed by atoms with Gasteiger partial charge < -0.3 is 10.0 Å². The Morgan fingerprint density at radius 1 is 1.02 bits per heavy atom. The summed E-state index contributed by atoms with van der Waals surface area (Å²) in [5.74, 6) is -3.84. The quantitative estimate of drug-likeness (QED) is 0.187. The molecule has 42 heavy (non-hydrogen) atoms. The zero-order chi connectivity index (χ0) is 30.9. The molecular weight excluding hydrogens is 526 g/mol. The molecule has 2 unspecified atom stereocenters. The van der Waals surface area contributed by atoms with Crippen LogP contribution in [0.1, 0.15) is 80.8 Å². The Hall–Kier alpha value is -3.80. The number of nitrogens with zero attached hydrogens (tertiary/aromatic N) is 1. The van der Waals surface area contributed by atoms with Crippen molar-refractivity contribution in [2.75, 3.05) is 13.1 Å². The number of carbonyl (C=O) groups is 4. The van der Waals surface area contributed by atoms with Crippen LogP contribution in [0.15, 0.2) is 79.9 Å². The number of hydrogen-bond donors (Lipinski definition) is 1. The van der Waals surface area contributed by atoms with Gasteiger partial charge in [-0.25, -0.2) is 0 Å². The standard InChI is InChI=1S/C36H45NO5/c1-6-23-37(24-7-2)33(40)28-19-13-21-29(25-28)36(34(41)42)22-14-20-27(18-12-17-26-15-10-9-11-16-26)30(36)31(38)32(39)35(4,5)8-3/h6-7,9-11,13,15-16,19,21,25,27,30H,1-2,8,12,14,17-18,20,22-24H2,3-5H3,(H,41,42)/t27?,30?,36-/m0/s1. The molecule has 224 valence electrons. The van der Waals surface area contributed by atoms with Gasteiger partial charge in [0.25, 0.3) is 5.91 Å². The van der Waals surface area contributed by atoms with E-state index in [0.29, 0.717) is 49.9 Å². The SMILES string of the molecule is C=CCN(CC=C)C(=O)c1cccc([C@@]2(C(=O)O)CCCC(CCCc3ccccc3)C2C(=O)C(=O)C(C)(C)CC)c1. The summed E-state index contributed by atoms with van der Waals surface area (Å²) in [6.07, 6.45) is 7.42. The van der Waals surface area contributed by atoms with Crippen molar-refractivity contribution >= 4 is 23.4 Å². The Morgan fingerprint density at radius 2 is 1.69 bits per heavy atom. The van der Waals surface area contributed by atoms with Crippen molar-refractivity contribution in [1.29, 1.82) is 0 Å². The van der Waals surface area contributed by atoms with Gasteiger partial charge in [0.1, 0.15) is 5.41 Å². The normalized spacial score (nSPS) is 20.4. The van der Waals surface area contributed by atoms with Gasteiger partial charge in [-0.2, -0.15) is 0 Å². The summed E-state index contributed by atoms with van der Waals surface area (Å²) in [7, 11) is 0. The number of amides is 1. The molecule has 1 aliphatic rings. The van der Waals surface area contributed by atoms with Crippen molar-refractivity contribution in [1.82, 2.24) is 4.90 Å². The predicted molar refractivity (Wildman–Crippen MR) is 166 cm³/mol. The molecule has 0 aliphatic heterocycles. The monoisotopic (exact) mass is 571 g/mol. The average molecular weight is 572 g/mol. The number of aryl methyl sites for hydroxylation is 1. The lowest BCUT2D eigenvalue weighted by atomic mass is 9.55. The molecule has 0 saturated heterocycles. The van der Waals surface area contributed by atoms with E-state index in [1.807, 2.05) is 25.1 Å². The predicted octanol–water partition coefficient (Wildman–Crippen LogP) is 6.84. The van der Waals surface area contributed by atoms with Crippen molar-refractivity contribution in [2.24, 2.45) is 17.3 Å². The number of carbonyl (C=O) groups excluding carboxylic acids is 3. The molecular formula is C36H45NO5. The van der Waals surface area contributed by atoms with Crippen LogP contribution in [0.4, 0.5) is 0 Å². The van der Waals surface area contributed by atoms with Gasteiger partial charge in [0, 0.05) is 30.0 Å².